The molecule has 3 aromatic carbocycles. The van der Waals surface area contributed by atoms with E-state index in [0.29, 0.717) is 0 Å². The number of aromatic amines is 1. The lowest BCUT2D eigenvalue weighted by atomic mass is 9.81. The van der Waals surface area contributed by atoms with E-state index in [-0.39, 0.29) is 5.41 Å². The predicted octanol–water partition coefficient (Wildman–Crippen LogP) is 5.63. The van der Waals surface area contributed by atoms with Crippen LogP contribution in [-0.2, 0) is 5.41 Å². The molecule has 0 fully saturated rings. The number of hydrogen-bond donors (Lipinski definition) is 1. The Bertz CT molecular complexity index is 1050. The molecule has 1 aliphatic rings. The smallest absolute Gasteiger partial charge is 0.0541 e. The summed E-state index contributed by atoms with van der Waals surface area (Å²) in [5.74, 6) is 0. The lowest BCUT2D eigenvalue weighted by molar-refractivity contribution is 0.666. The minimum absolute atomic E-state index is 0.0482. The summed E-state index contributed by atoms with van der Waals surface area (Å²) >= 11 is 0. The van der Waals surface area contributed by atoms with Gasteiger partial charge in [-0.2, -0.15) is 0 Å². The second-order valence-electron chi connectivity index (χ2n) is 6.75. The minimum Gasteiger partial charge on any atom is -0.354 e. The molecule has 0 unspecified atom stereocenters. The molecule has 0 amide bonds. The molecule has 0 spiro atoms. The molecule has 0 atom stereocenters. The van der Waals surface area contributed by atoms with Crippen molar-refractivity contribution in [1.82, 2.24) is 4.98 Å². The zero-order valence-electron chi connectivity index (χ0n) is 12.8. The number of aromatic nitrogens is 1. The Morgan fingerprint density at radius 1 is 0.773 bits per heavy atom. The van der Waals surface area contributed by atoms with E-state index in [4.69, 9.17) is 0 Å². The topological polar surface area (TPSA) is 15.8 Å². The highest BCUT2D eigenvalue weighted by atomic mass is 14.8. The largest absolute Gasteiger partial charge is 0.354 e. The van der Waals surface area contributed by atoms with Crippen LogP contribution in [0.3, 0.4) is 0 Å². The third-order valence-electron chi connectivity index (χ3n) is 5.19. The molecule has 4 aromatic rings. The van der Waals surface area contributed by atoms with Gasteiger partial charge in [-0.1, -0.05) is 74.5 Å². The summed E-state index contributed by atoms with van der Waals surface area (Å²) in [5, 5.41) is 3.96. The Hall–Kier alpha value is -2.54. The highest BCUT2D eigenvalue weighted by molar-refractivity contribution is 6.10. The first-order valence-electron chi connectivity index (χ1n) is 7.82. The Balaban J connectivity index is 1.99. The maximum atomic E-state index is 3.73. The van der Waals surface area contributed by atoms with Gasteiger partial charge < -0.3 is 4.98 Å². The zero-order chi connectivity index (χ0) is 14.9. The lowest BCUT2D eigenvalue weighted by Gasteiger charge is -2.21. The zero-order valence-corrected chi connectivity index (χ0v) is 12.8. The summed E-state index contributed by atoms with van der Waals surface area (Å²) in [6, 6.07) is 21.9. The maximum Gasteiger partial charge on any atom is 0.0541 e. The summed E-state index contributed by atoms with van der Waals surface area (Å²) in [6.45, 7) is 4.67. The molecule has 1 nitrogen and oxygen atoms in total. The normalized spacial score (nSPS) is 15.2. The summed E-state index contributed by atoms with van der Waals surface area (Å²) in [7, 11) is 0. The van der Waals surface area contributed by atoms with Gasteiger partial charge in [0.05, 0.1) is 11.2 Å². The van der Waals surface area contributed by atoms with E-state index >= 15 is 0 Å². The van der Waals surface area contributed by atoms with Crippen LogP contribution in [0.2, 0.25) is 0 Å². The first-order valence-corrected chi connectivity index (χ1v) is 7.82. The number of hydrogen-bond acceptors (Lipinski definition) is 0. The molecule has 0 saturated heterocycles. The Morgan fingerprint density at radius 3 is 2.45 bits per heavy atom. The van der Waals surface area contributed by atoms with E-state index in [9.17, 15) is 0 Å². The SMILES string of the molecule is CC1(C)c2ccccc2-c2[nH]c3c(ccc4ccccc43)c21. The van der Waals surface area contributed by atoms with Crippen LogP contribution >= 0.6 is 0 Å². The van der Waals surface area contributed by atoms with Crippen molar-refractivity contribution in [2.45, 2.75) is 19.3 Å². The van der Waals surface area contributed by atoms with Crippen LogP contribution < -0.4 is 0 Å². The van der Waals surface area contributed by atoms with Crippen molar-refractivity contribution < 1.29 is 0 Å². The van der Waals surface area contributed by atoms with Crippen LogP contribution in [0.1, 0.15) is 25.0 Å². The third kappa shape index (κ3) is 1.29. The van der Waals surface area contributed by atoms with Crippen LogP contribution in [0, 0.1) is 0 Å². The number of H-pyrrole nitrogens is 1. The molecule has 106 valence electrons. The molecule has 5 rings (SSSR count). The van der Waals surface area contributed by atoms with Gasteiger partial charge in [0.25, 0.3) is 0 Å². The van der Waals surface area contributed by atoms with Gasteiger partial charge in [0, 0.05) is 21.8 Å². The summed E-state index contributed by atoms with van der Waals surface area (Å²) in [5.41, 5.74) is 6.83. The summed E-state index contributed by atoms with van der Waals surface area (Å²) < 4.78 is 0. The lowest BCUT2D eigenvalue weighted by Crippen LogP contribution is -2.14. The summed E-state index contributed by atoms with van der Waals surface area (Å²) in [4.78, 5) is 3.73. The molecule has 0 saturated carbocycles. The van der Waals surface area contributed by atoms with Crippen molar-refractivity contribution in [2.75, 3.05) is 0 Å². The molecule has 1 N–H and O–H groups in total. The van der Waals surface area contributed by atoms with Gasteiger partial charge in [-0.15, -0.1) is 0 Å². The highest BCUT2D eigenvalue weighted by Crippen LogP contribution is 2.51. The standard InChI is InChI=1S/C21H17N/c1-21(2)17-10-6-5-9-15(17)20-18(21)16-12-11-13-7-3-4-8-14(13)19(16)22-20/h3-12,22H,1-2H3. The van der Waals surface area contributed by atoms with Crippen molar-refractivity contribution in [3.05, 3.63) is 71.8 Å². The molecule has 1 aromatic heterocycles. The van der Waals surface area contributed by atoms with Crippen molar-refractivity contribution in [3.8, 4) is 11.3 Å². The fraction of sp³-hybridized carbons (Fsp3) is 0.143. The summed E-state index contributed by atoms with van der Waals surface area (Å²) in [6.07, 6.45) is 0. The van der Waals surface area contributed by atoms with Gasteiger partial charge in [0.15, 0.2) is 0 Å². The van der Waals surface area contributed by atoms with Crippen LogP contribution in [0.5, 0.6) is 0 Å². The average molecular weight is 283 g/mol. The fourth-order valence-electron chi connectivity index (χ4n) is 4.17. The van der Waals surface area contributed by atoms with Crippen LogP contribution in [0.4, 0.5) is 0 Å². The van der Waals surface area contributed by atoms with E-state index < -0.39 is 0 Å². The average Bonchev–Trinajstić information content (AvgIpc) is 3.04. The fourth-order valence-corrected chi connectivity index (χ4v) is 4.17. The number of rotatable bonds is 0. The monoisotopic (exact) mass is 283 g/mol. The Morgan fingerprint density at radius 2 is 1.55 bits per heavy atom. The van der Waals surface area contributed by atoms with Crippen LogP contribution in [-0.4, -0.2) is 4.98 Å². The van der Waals surface area contributed by atoms with E-state index in [0.717, 1.165) is 0 Å². The molecule has 1 aliphatic carbocycles. The molecule has 0 aliphatic heterocycles. The van der Waals surface area contributed by atoms with Gasteiger partial charge in [-0.25, -0.2) is 0 Å². The Kier molecular flexibility index (Phi) is 2.08. The van der Waals surface area contributed by atoms with E-state index in [1.54, 1.807) is 0 Å². The molecular weight excluding hydrogens is 266 g/mol. The molecular formula is C21H17N. The van der Waals surface area contributed by atoms with Crippen molar-refractivity contribution in [2.24, 2.45) is 0 Å². The number of benzene rings is 3. The molecule has 22 heavy (non-hydrogen) atoms. The molecule has 1 heterocycles. The van der Waals surface area contributed by atoms with Crippen molar-refractivity contribution in [3.63, 3.8) is 0 Å². The molecule has 1 heteroatoms. The first kappa shape index (κ1) is 12.0. The van der Waals surface area contributed by atoms with Gasteiger partial charge in [0.1, 0.15) is 0 Å². The molecule has 0 bridgehead atoms. The predicted molar refractivity (Wildman–Crippen MR) is 93.4 cm³/mol. The third-order valence-corrected chi connectivity index (χ3v) is 5.19. The van der Waals surface area contributed by atoms with E-state index in [1.807, 2.05) is 0 Å². The maximum absolute atomic E-state index is 3.73. The number of nitrogens with one attached hydrogen (secondary N) is 1. The first-order chi connectivity index (χ1) is 10.7. The van der Waals surface area contributed by atoms with Gasteiger partial charge in [-0.3, -0.25) is 0 Å². The van der Waals surface area contributed by atoms with Gasteiger partial charge >= 0.3 is 0 Å². The van der Waals surface area contributed by atoms with Crippen molar-refractivity contribution in [1.29, 1.82) is 0 Å². The molecule has 0 radical (unpaired) electrons. The quantitative estimate of drug-likeness (QED) is 0.430. The van der Waals surface area contributed by atoms with Crippen LogP contribution in [0.25, 0.3) is 32.9 Å². The van der Waals surface area contributed by atoms with Gasteiger partial charge in [0.2, 0.25) is 0 Å². The number of fused-ring (bicyclic) bond motifs is 7. The van der Waals surface area contributed by atoms with E-state index in [2.05, 4.69) is 79.5 Å². The Labute approximate surface area is 129 Å². The minimum atomic E-state index is 0.0482. The van der Waals surface area contributed by atoms with Gasteiger partial charge in [-0.05, 0) is 16.5 Å². The highest BCUT2D eigenvalue weighted by Gasteiger charge is 2.38. The van der Waals surface area contributed by atoms with E-state index in [1.165, 1.54) is 44.1 Å². The second-order valence-corrected chi connectivity index (χ2v) is 6.75. The second kappa shape index (κ2) is 3.80. The van der Waals surface area contributed by atoms with Crippen LogP contribution in [0.15, 0.2) is 60.7 Å². The van der Waals surface area contributed by atoms with Crippen molar-refractivity contribution >= 4 is 21.7 Å².